The maximum absolute atomic E-state index is 11.3. The number of benzene rings is 1. The van der Waals surface area contributed by atoms with Crippen LogP contribution in [0, 0.1) is 0 Å². The summed E-state index contributed by atoms with van der Waals surface area (Å²) in [6.07, 6.45) is 0. The maximum atomic E-state index is 11.3. The summed E-state index contributed by atoms with van der Waals surface area (Å²) in [7, 11) is 2.80. The Bertz CT molecular complexity index is 365. The second kappa shape index (κ2) is 4.66. The van der Waals surface area contributed by atoms with Gasteiger partial charge in [0.05, 0.1) is 24.8 Å². The quantitative estimate of drug-likeness (QED) is 0.781. The third kappa shape index (κ3) is 2.19. The van der Waals surface area contributed by atoms with E-state index in [1.165, 1.54) is 20.3 Å². The number of rotatable bonds is 2. The lowest BCUT2D eigenvalue weighted by molar-refractivity contribution is 0.0599. The van der Waals surface area contributed by atoms with Crippen LogP contribution in [-0.2, 0) is 4.74 Å². The van der Waals surface area contributed by atoms with Crippen molar-refractivity contribution in [2.75, 3.05) is 14.2 Å². The van der Waals surface area contributed by atoms with Crippen molar-refractivity contribution in [3.63, 3.8) is 0 Å². The van der Waals surface area contributed by atoms with Crippen molar-refractivity contribution in [3.05, 3.63) is 27.2 Å². The van der Waals surface area contributed by atoms with Gasteiger partial charge in [-0.15, -0.1) is 0 Å². The van der Waals surface area contributed by atoms with Gasteiger partial charge in [-0.3, -0.25) is 0 Å². The number of esters is 1. The summed E-state index contributed by atoms with van der Waals surface area (Å²) in [5.74, 6) is 0.00195. The van der Waals surface area contributed by atoms with Crippen molar-refractivity contribution in [2.24, 2.45) is 0 Å². The lowest BCUT2D eigenvalue weighted by atomic mass is 10.2. The fraction of sp³-hybridized carbons (Fsp3) is 0.222. The van der Waals surface area contributed by atoms with E-state index in [2.05, 4.69) is 20.7 Å². The zero-order valence-electron chi connectivity index (χ0n) is 7.64. The molecule has 0 bridgehead atoms. The van der Waals surface area contributed by atoms with E-state index in [1.54, 1.807) is 6.07 Å². The van der Waals surface area contributed by atoms with E-state index in [9.17, 15) is 4.79 Å². The maximum Gasteiger partial charge on any atom is 0.339 e. The van der Waals surface area contributed by atoms with Crippen LogP contribution in [0.2, 0.25) is 5.02 Å². The highest BCUT2D eigenvalue weighted by Gasteiger charge is 2.14. The highest BCUT2D eigenvalue weighted by molar-refractivity contribution is 9.10. The van der Waals surface area contributed by atoms with Crippen LogP contribution in [0.4, 0.5) is 0 Å². The van der Waals surface area contributed by atoms with E-state index < -0.39 is 5.97 Å². The first kappa shape index (κ1) is 11.3. The van der Waals surface area contributed by atoms with Crippen molar-refractivity contribution in [1.82, 2.24) is 0 Å². The number of hydrogen-bond acceptors (Lipinski definition) is 3. The van der Waals surface area contributed by atoms with E-state index in [1.807, 2.05) is 0 Å². The fourth-order valence-corrected chi connectivity index (χ4v) is 1.83. The van der Waals surface area contributed by atoms with Gasteiger partial charge in [-0.2, -0.15) is 0 Å². The monoisotopic (exact) mass is 278 g/mol. The smallest absolute Gasteiger partial charge is 0.339 e. The molecule has 76 valence electrons. The topological polar surface area (TPSA) is 35.5 Å². The Labute approximate surface area is 95.1 Å². The Morgan fingerprint density at radius 2 is 2.07 bits per heavy atom. The van der Waals surface area contributed by atoms with Gasteiger partial charge in [-0.05, 0) is 28.1 Å². The van der Waals surface area contributed by atoms with Crippen LogP contribution in [0.3, 0.4) is 0 Å². The van der Waals surface area contributed by atoms with Crippen LogP contribution in [0.25, 0.3) is 0 Å². The Morgan fingerprint density at radius 3 is 2.57 bits per heavy atom. The van der Waals surface area contributed by atoms with Gasteiger partial charge in [-0.25, -0.2) is 4.79 Å². The molecule has 5 heteroatoms. The Morgan fingerprint density at radius 1 is 1.43 bits per heavy atom. The Hall–Kier alpha value is -0.740. The molecule has 0 aliphatic rings. The molecule has 0 N–H and O–H groups in total. The standard InChI is InChI=1S/C9H8BrClO3/c1-13-8-3-5(9(12)14-2)6(10)4-7(8)11/h3-4H,1-2H3. The molecule has 1 aromatic carbocycles. The predicted molar refractivity (Wildman–Crippen MR) is 57.0 cm³/mol. The molecule has 0 aliphatic carbocycles. The number of carbonyl (C=O) groups excluding carboxylic acids is 1. The van der Waals surface area contributed by atoms with Crippen LogP contribution < -0.4 is 4.74 Å². The lowest BCUT2D eigenvalue weighted by Gasteiger charge is -2.07. The number of ether oxygens (including phenoxy) is 2. The zero-order chi connectivity index (χ0) is 10.7. The molecule has 1 aromatic rings. The number of halogens is 2. The molecule has 0 radical (unpaired) electrons. The highest BCUT2D eigenvalue weighted by Crippen LogP contribution is 2.31. The zero-order valence-corrected chi connectivity index (χ0v) is 9.98. The molecule has 0 spiro atoms. The summed E-state index contributed by atoms with van der Waals surface area (Å²) in [6.45, 7) is 0. The molecular weight excluding hydrogens is 271 g/mol. The van der Waals surface area contributed by atoms with Crippen molar-refractivity contribution in [3.8, 4) is 5.75 Å². The van der Waals surface area contributed by atoms with E-state index in [-0.39, 0.29) is 0 Å². The highest BCUT2D eigenvalue weighted by atomic mass is 79.9. The van der Waals surface area contributed by atoms with Gasteiger partial charge in [0.2, 0.25) is 0 Å². The van der Waals surface area contributed by atoms with Crippen LogP contribution in [0.1, 0.15) is 10.4 Å². The van der Waals surface area contributed by atoms with E-state index in [4.69, 9.17) is 16.3 Å². The number of carbonyl (C=O) groups is 1. The average Bonchev–Trinajstić information content (AvgIpc) is 2.17. The normalized spacial score (nSPS) is 9.71. The largest absolute Gasteiger partial charge is 0.495 e. The lowest BCUT2D eigenvalue weighted by Crippen LogP contribution is -2.02. The van der Waals surface area contributed by atoms with Gasteiger partial charge < -0.3 is 9.47 Å². The summed E-state index contributed by atoms with van der Waals surface area (Å²) in [4.78, 5) is 11.3. The first-order valence-corrected chi connectivity index (χ1v) is 4.88. The minimum absolute atomic E-state index is 0.383. The van der Waals surface area contributed by atoms with Gasteiger partial charge in [-0.1, -0.05) is 11.6 Å². The molecule has 0 aromatic heterocycles. The molecule has 0 amide bonds. The van der Waals surface area contributed by atoms with Gasteiger partial charge in [0, 0.05) is 4.47 Å². The van der Waals surface area contributed by atoms with Gasteiger partial charge in [0.25, 0.3) is 0 Å². The van der Waals surface area contributed by atoms with Crippen LogP contribution in [0.5, 0.6) is 5.75 Å². The molecule has 0 fully saturated rings. The molecule has 1 rings (SSSR count). The Balaban J connectivity index is 3.24. The van der Waals surface area contributed by atoms with Crippen LogP contribution in [-0.4, -0.2) is 20.2 Å². The van der Waals surface area contributed by atoms with Gasteiger partial charge >= 0.3 is 5.97 Å². The summed E-state index contributed by atoms with van der Waals surface area (Å²) in [5.41, 5.74) is 0.383. The van der Waals surface area contributed by atoms with Crippen molar-refractivity contribution in [2.45, 2.75) is 0 Å². The molecule has 0 saturated carbocycles. The molecule has 0 saturated heterocycles. The Kier molecular flexibility index (Phi) is 3.77. The van der Waals surface area contributed by atoms with E-state index >= 15 is 0 Å². The van der Waals surface area contributed by atoms with Crippen LogP contribution in [0.15, 0.2) is 16.6 Å². The molecule has 0 heterocycles. The van der Waals surface area contributed by atoms with Crippen molar-refractivity contribution in [1.29, 1.82) is 0 Å². The van der Waals surface area contributed by atoms with E-state index in [0.717, 1.165) is 0 Å². The SMILES string of the molecule is COC(=O)c1cc(OC)c(Cl)cc1Br. The molecule has 0 aliphatic heterocycles. The average molecular weight is 280 g/mol. The summed E-state index contributed by atoms with van der Waals surface area (Å²) < 4.78 is 10.1. The number of methoxy groups -OCH3 is 2. The minimum Gasteiger partial charge on any atom is -0.495 e. The number of hydrogen-bond donors (Lipinski definition) is 0. The molecule has 0 unspecified atom stereocenters. The second-order valence-corrected chi connectivity index (χ2v) is 3.72. The van der Waals surface area contributed by atoms with Gasteiger partial charge in [0.15, 0.2) is 0 Å². The van der Waals surface area contributed by atoms with Crippen molar-refractivity contribution < 1.29 is 14.3 Å². The molecule has 14 heavy (non-hydrogen) atoms. The van der Waals surface area contributed by atoms with Gasteiger partial charge in [0.1, 0.15) is 5.75 Å². The molecule has 0 atom stereocenters. The van der Waals surface area contributed by atoms with E-state index in [0.29, 0.717) is 20.8 Å². The van der Waals surface area contributed by atoms with Crippen LogP contribution >= 0.6 is 27.5 Å². The predicted octanol–water partition coefficient (Wildman–Crippen LogP) is 2.90. The second-order valence-electron chi connectivity index (χ2n) is 2.46. The molecule has 3 nitrogen and oxygen atoms in total. The first-order chi connectivity index (χ1) is 6.60. The summed E-state index contributed by atoms with van der Waals surface area (Å²) in [5, 5.41) is 0.437. The fourth-order valence-electron chi connectivity index (χ4n) is 0.952. The third-order valence-corrected chi connectivity index (χ3v) is 2.60. The van der Waals surface area contributed by atoms with Crippen molar-refractivity contribution >= 4 is 33.5 Å². The minimum atomic E-state index is -0.438. The summed E-state index contributed by atoms with van der Waals surface area (Å²) >= 11 is 9.05. The summed E-state index contributed by atoms with van der Waals surface area (Å²) in [6, 6.07) is 3.12. The first-order valence-electron chi connectivity index (χ1n) is 3.71. The third-order valence-electron chi connectivity index (χ3n) is 1.65. The molecular formula is C9H8BrClO3.